The zero-order chi connectivity index (χ0) is 13.3. The molecular formula is C12H12F3N3. The highest BCUT2D eigenvalue weighted by Gasteiger charge is 2.33. The predicted octanol–water partition coefficient (Wildman–Crippen LogP) is 3.18. The van der Waals surface area contributed by atoms with Crippen LogP contribution in [0.2, 0.25) is 0 Å². The van der Waals surface area contributed by atoms with E-state index in [-0.39, 0.29) is 11.5 Å². The van der Waals surface area contributed by atoms with Gasteiger partial charge in [0.1, 0.15) is 0 Å². The molecule has 0 unspecified atom stereocenters. The second-order valence-corrected chi connectivity index (χ2v) is 3.98. The van der Waals surface area contributed by atoms with Crippen LogP contribution < -0.4 is 5.73 Å². The molecule has 2 N–H and O–H groups in total. The highest BCUT2D eigenvalue weighted by molar-refractivity contribution is 5.85. The molecule has 3 nitrogen and oxygen atoms in total. The highest BCUT2D eigenvalue weighted by Crippen LogP contribution is 2.34. The van der Waals surface area contributed by atoms with Crippen LogP contribution in [-0.2, 0) is 12.6 Å². The number of para-hydroxylation sites is 1. The molecule has 0 radical (unpaired) electrons. The second kappa shape index (κ2) is 4.44. The van der Waals surface area contributed by atoms with Crippen LogP contribution in [0.4, 0.5) is 19.1 Å². The maximum Gasteiger partial charge on any atom is 0.418 e. The highest BCUT2D eigenvalue weighted by atomic mass is 19.4. The smallest absolute Gasteiger partial charge is 0.368 e. The van der Waals surface area contributed by atoms with Gasteiger partial charge in [-0.25, -0.2) is 9.97 Å². The molecule has 1 aromatic heterocycles. The molecule has 0 bridgehead atoms. The summed E-state index contributed by atoms with van der Waals surface area (Å²) in [5.41, 5.74) is 5.14. The number of nitrogens with two attached hydrogens (primary N) is 1. The minimum absolute atomic E-state index is 0.123. The van der Waals surface area contributed by atoms with Crippen molar-refractivity contribution in [2.24, 2.45) is 0 Å². The van der Waals surface area contributed by atoms with Crippen LogP contribution in [0.5, 0.6) is 0 Å². The minimum Gasteiger partial charge on any atom is -0.368 e. The van der Waals surface area contributed by atoms with Gasteiger partial charge in [-0.15, -0.1) is 0 Å². The Labute approximate surface area is 102 Å². The van der Waals surface area contributed by atoms with Gasteiger partial charge in [-0.3, -0.25) is 0 Å². The fraction of sp³-hybridized carbons (Fsp3) is 0.333. The molecule has 2 rings (SSSR count). The number of nitrogens with zero attached hydrogens (tertiary/aromatic N) is 2. The summed E-state index contributed by atoms with van der Waals surface area (Å²) in [6.45, 7) is 1.93. The summed E-state index contributed by atoms with van der Waals surface area (Å²) < 4.78 is 38.6. The van der Waals surface area contributed by atoms with Crippen molar-refractivity contribution in [2.45, 2.75) is 25.9 Å². The van der Waals surface area contributed by atoms with E-state index in [1.54, 1.807) is 6.07 Å². The Kier molecular flexibility index (Phi) is 3.11. The first-order chi connectivity index (χ1) is 8.43. The van der Waals surface area contributed by atoms with E-state index < -0.39 is 11.7 Å². The van der Waals surface area contributed by atoms with E-state index in [1.807, 2.05) is 6.92 Å². The SMILES string of the molecule is CCCc1nc(N)nc2c(C(F)(F)F)cccc12. The molecule has 0 amide bonds. The van der Waals surface area contributed by atoms with E-state index >= 15 is 0 Å². The topological polar surface area (TPSA) is 51.8 Å². The first-order valence-corrected chi connectivity index (χ1v) is 5.55. The monoisotopic (exact) mass is 255 g/mol. The Balaban J connectivity index is 2.77. The van der Waals surface area contributed by atoms with Gasteiger partial charge in [0.25, 0.3) is 0 Å². The lowest BCUT2D eigenvalue weighted by Gasteiger charge is -2.11. The van der Waals surface area contributed by atoms with E-state index in [0.717, 1.165) is 12.5 Å². The van der Waals surface area contributed by atoms with E-state index in [0.29, 0.717) is 17.5 Å². The maximum absolute atomic E-state index is 12.9. The van der Waals surface area contributed by atoms with Crippen molar-refractivity contribution in [3.8, 4) is 0 Å². The number of benzene rings is 1. The number of fused-ring (bicyclic) bond motifs is 1. The van der Waals surface area contributed by atoms with Crippen LogP contribution in [0.25, 0.3) is 10.9 Å². The molecule has 0 saturated heterocycles. The Hall–Kier alpha value is -1.85. The predicted molar refractivity (Wildman–Crippen MR) is 62.9 cm³/mol. The Morgan fingerprint density at radius 2 is 1.94 bits per heavy atom. The molecule has 0 spiro atoms. The summed E-state index contributed by atoms with van der Waals surface area (Å²) in [6.07, 6.45) is -3.09. The van der Waals surface area contributed by atoms with E-state index in [1.165, 1.54) is 6.07 Å². The van der Waals surface area contributed by atoms with Crippen molar-refractivity contribution in [3.63, 3.8) is 0 Å². The lowest BCUT2D eigenvalue weighted by atomic mass is 10.1. The Morgan fingerprint density at radius 3 is 2.56 bits per heavy atom. The zero-order valence-corrected chi connectivity index (χ0v) is 9.75. The quantitative estimate of drug-likeness (QED) is 0.896. The molecule has 0 fully saturated rings. The van der Waals surface area contributed by atoms with Gasteiger partial charge in [0, 0.05) is 5.39 Å². The van der Waals surface area contributed by atoms with Gasteiger partial charge in [0.05, 0.1) is 16.8 Å². The zero-order valence-electron chi connectivity index (χ0n) is 9.75. The van der Waals surface area contributed by atoms with Crippen molar-refractivity contribution < 1.29 is 13.2 Å². The number of alkyl halides is 3. The first kappa shape index (κ1) is 12.6. The molecule has 6 heteroatoms. The van der Waals surface area contributed by atoms with Crippen molar-refractivity contribution in [3.05, 3.63) is 29.5 Å². The summed E-state index contributed by atoms with van der Waals surface area (Å²) in [7, 11) is 0. The summed E-state index contributed by atoms with van der Waals surface area (Å²) in [6, 6.07) is 3.96. The average molecular weight is 255 g/mol. The third-order valence-corrected chi connectivity index (χ3v) is 2.61. The number of aromatic nitrogens is 2. The summed E-state index contributed by atoms with van der Waals surface area (Å²) in [4.78, 5) is 7.75. The molecule has 0 aliphatic rings. The van der Waals surface area contributed by atoms with Crippen LogP contribution in [0.1, 0.15) is 24.6 Å². The van der Waals surface area contributed by atoms with Crippen molar-refractivity contribution >= 4 is 16.9 Å². The molecule has 0 saturated carbocycles. The number of anilines is 1. The van der Waals surface area contributed by atoms with Crippen molar-refractivity contribution in [1.82, 2.24) is 9.97 Å². The van der Waals surface area contributed by atoms with Gasteiger partial charge < -0.3 is 5.73 Å². The Bertz CT molecular complexity index is 579. The molecule has 1 aromatic carbocycles. The minimum atomic E-state index is -4.44. The summed E-state index contributed by atoms with van der Waals surface area (Å²) >= 11 is 0. The summed E-state index contributed by atoms with van der Waals surface area (Å²) in [5, 5.41) is 0.417. The van der Waals surface area contributed by atoms with Crippen LogP contribution in [0, 0.1) is 0 Å². The van der Waals surface area contributed by atoms with Crippen molar-refractivity contribution in [1.29, 1.82) is 0 Å². The average Bonchev–Trinajstić information content (AvgIpc) is 2.27. The van der Waals surface area contributed by atoms with Gasteiger partial charge in [-0.05, 0) is 12.5 Å². The van der Waals surface area contributed by atoms with E-state index in [2.05, 4.69) is 9.97 Å². The van der Waals surface area contributed by atoms with E-state index in [4.69, 9.17) is 5.73 Å². The van der Waals surface area contributed by atoms with Crippen molar-refractivity contribution in [2.75, 3.05) is 5.73 Å². The van der Waals surface area contributed by atoms with Crippen LogP contribution in [-0.4, -0.2) is 9.97 Å². The summed E-state index contributed by atoms with van der Waals surface area (Å²) in [5.74, 6) is -0.123. The molecule has 0 aliphatic carbocycles. The number of nitrogen functional groups attached to an aromatic ring is 1. The lowest BCUT2D eigenvalue weighted by Crippen LogP contribution is -2.09. The molecule has 0 aliphatic heterocycles. The lowest BCUT2D eigenvalue weighted by molar-refractivity contribution is -0.136. The van der Waals surface area contributed by atoms with Crippen LogP contribution >= 0.6 is 0 Å². The second-order valence-electron chi connectivity index (χ2n) is 3.98. The molecular weight excluding hydrogens is 243 g/mol. The fourth-order valence-corrected chi connectivity index (χ4v) is 1.89. The van der Waals surface area contributed by atoms with Crippen LogP contribution in [0.3, 0.4) is 0 Å². The van der Waals surface area contributed by atoms with Gasteiger partial charge in [-0.1, -0.05) is 25.5 Å². The molecule has 0 atom stereocenters. The first-order valence-electron chi connectivity index (χ1n) is 5.55. The largest absolute Gasteiger partial charge is 0.418 e. The van der Waals surface area contributed by atoms with Gasteiger partial charge in [-0.2, -0.15) is 13.2 Å². The van der Waals surface area contributed by atoms with Gasteiger partial charge >= 0.3 is 6.18 Å². The third-order valence-electron chi connectivity index (χ3n) is 2.61. The molecule has 18 heavy (non-hydrogen) atoms. The van der Waals surface area contributed by atoms with E-state index in [9.17, 15) is 13.2 Å². The molecule has 1 heterocycles. The normalized spacial score (nSPS) is 12.0. The number of rotatable bonds is 2. The third kappa shape index (κ3) is 2.23. The molecule has 96 valence electrons. The van der Waals surface area contributed by atoms with Gasteiger partial charge in [0.15, 0.2) is 0 Å². The van der Waals surface area contributed by atoms with Gasteiger partial charge in [0.2, 0.25) is 5.95 Å². The number of aryl methyl sites for hydroxylation is 1. The Morgan fingerprint density at radius 1 is 1.22 bits per heavy atom. The maximum atomic E-state index is 12.9. The standard InChI is InChI=1S/C12H12F3N3/c1-2-4-9-7-5-3-6-8(12(13,14)15)10(7)18-11(16)17-9/h3,5-6H,2,4H2,1H3,(H2,16,17,18). The van der Waals surface area contributed by atoms with Crippen LogP contribution in [0.15, 0.2) is 18.2 Å². The number of hydrogen-bond donors (Lipinski definition) is 1. The fourth-order valence-electron chi connectivity index (χ4n) is 1.89. The molecule has 2 aromatic rings. The number of hydrogen-bond acceptors (Lipinski definition) is 3. The number of halogens is 3.